The van der Waals surface area contributed by atoms with Crippen molar-refractivity contribution >= 4 is 69.8 Å². The normalized spacial score (nSPS) is 14.4. The van der Waals surface area contributed by atoms with Gasteiger partial charge in [0.25, 0.3) is 0 Å². The van der Waals surface area contributed by atoms with Crippen molar-refractivity contribution in [1.29, 1.82) is 0 Å². The molecule has 3 aromatic heterocycles. The van der Waals surface area contributed by atoms with Gasteiger partial charge in [-0.25, -0.2) is 15.0 Å². The second-order valence-corrected chi connectivity index (χ2v) is 14.9. The minimum absolute atomic E-state index is 0.317. The van der Waals surface area contributed by atoms with Crippen molar-refractivity contribution in [2.75, 3.05) is 0 Å². The van der Waals surface area contributed by atoms with Crippen molar-refractivity contribution in [3.63, 3.8) is 0 Å². The zero-order valence-electron chi connectivity index (χ0n) is 29.1. The molecular weight excluding hydrogens is 679 g/mol. The van der Waals surface area contributed by atoms with E-state index in [-0.39, 0.29) is 0 Å². The van der Waals surface area contributed by atoms with Gasteiger partial charge in [-0.05, 0) is 58.7 Å². The van der Waals surface area contributed by atoms with Gasteiger partial charge in [0.2, 0.25) is 0 Å². The average Bonchev–Trinajstić information content (AvgIpc) is 3.83. The lowest BCUT2D eigenvalue weighted by atomic mass is 9.90. The van der Waals surface area contributed by atoms with E-state index >= 15 is 0 Å². The van der Waals surface area contributed by atoms with Crippen LogP contribution in [0.1, 0.15) is 23.7 Å². The molecule has 0 bridgehead atoms. The molecule has 1 aliphatic rings. The molecule has 4 nitrogen and oxygen atoms in total. The molecule has 0 radical (unpaired) electrons. The van der Waals surface area contributed by atoms with Crippen LogP contribution in [0.25, 0.3) is 92.4 Å². The molecule has 0 amide bonds. The van der Waals surface area contributed by atoms with E-state index in [1.165, 1.54) is 36.5 Å². The Morgan fingerprint density at radius 1 is 0.519 bits per heavy atom. The highest BCUT2D eigenvalue weighted by molar-refractivity contribution is 7.26. The molecule has 7 aromatic carbocycles. The maximum absolute atomic E-state index is 6.85. The van der Waals surface area contributed by atoms with Crippen LogP contribution < -0.4 is 0 Å². The summed E-state index contributed by atoms with van der Waals surface area (Å²) in [4.78, 5) is 15.5. The van der Waals surface area contributed by atoms with Crippen LogP contribution in [0.2, 0.25) is 0 Å². The first-order valence-corrected chi connectivity index (χ1v) is 19.1. The molecule has 1 atom stereocenters. The average molecular weight is 710 g/mol. The summed E-state index contributed by atoms with van der Waals surface area (Å²) in [6.45, 7) is 0. The Morgan fingerprint density at radius 3 is 2.00 bits per heavy atom. The minimum Gasteiger partial charge on any atom is -0.455 e. The summed E-state index contributed by atoms with van der Waals surface area (Å²) in [7, 11) is 0. The Balaban J connectivity index is 1.13. The van der Waals surface area contributed by atoms with Crippen LogP contribution in [-0.2, 0) is 0 Å². The molecule has 1 aliphatic carbocycles. The Labute approximate surface area is 315 Å². The number of fused-ring (bicyclic) bond motifs is 8. The predicted molar refractivity (Wildman–Crippen MR) is 225 cm³/mol. The second-order valence-electron chi connectivity index (χ2n) is 13.8. The number of allylic oxidation sites excluding steroid dienone is 4. The summed E-state index contributed by atoms with van der Waals surface area (Å²) >= 11 is 1.84. The zero-order chi connectivity index (χ0) is 35.6. The van der Waals surface area contributed by atoms with Crippen LogP contribution in [0.4, 0.5) is 0 Å². The van der Waals surface area contributed by atoms with E-state index in [4.69, 9.17) is 19.4 Å². The SMILES string of the molecule is C1=CC(c2ccccc2)CC=C1c1nc(-c2ccccc2)nc(-c2ccc(-c3cc4sc5ccccc5c4c4ccccc34)c3oc4ccccc4c23)n1. The van der Waals surface area contributed by atoms with Gasteiger partial charge in [-0.1, -0.05) is 140 Å². The van der Waals surface area contributed by atoms with Crippen LogP contribution in [0, 0.1) is 0 Å². The fourth-order valence-electron chi connectivity index (χ4n) is 8.11. The number of hydrogen-bond acceptors (Lipinski definition) is 5. The Hall–Kier alpha value is -6.69. The van der Waals surface area contributed by atoms with E-state index in [2.05, 4.69) is 140 Å². The number of nitrogens with zero attached hydrogens (tertiary/aromatic N) is 3. The van der Waals surface area contributed by atoms with Gasteiger partial charge in [0.15, 0.2) is 17.5 Å². The topological polar surface area (TPSA) is 51.8 Å². The van der Waals surface area contributed by atoms with Crippen molar-refractivity contribution in [2.24, 2.45) is 0 Å². The van der Waals surface area contributed by atoms with E-state index in [0.29, 0.717) is 23.4 Å². The maximum atomic E-state index is 6.85. The summed E-state index contributed by atoms with van der Waals surface area (Å²) in [5.74, 6) is 2.23. The molecule has 54 heavy (non-hydrogen) atoms. The lowest BCUT2D eigenvalue weighted by Gasteiger charge is -2.17. The lowest BCUT2D eigenvalue weighted by Crippen LogP contribution is -2.05. The first-order chi connectivity index (χ1) is 26.8. The van der Waals surface area contributed by atoms with E-state index in [1.807, 2.05) is 41.7 Å². The van der Waals surface area contributed by atoms with Crippen LogP contribution in [-0.4, -0.2) is 15.0 Å². The Kier molecular flexibility index (Phi) is 7.13. The molecule has 0 saturated heterocycles. The molecule has 0 saturated carbocycles. The van der Waals surface area contributed by atoms with E-state index < -0.39 is 0 Å². The quantitative estimate of drug-likeness (QED) is 0.178. The maximum Gasteiger partial charge on any atom is 0.164 e. The highest BCUT2D eigenvalue weighted by atomic mass is 32.1. The standard InChI is InChI=1S/C49H31N3OS/c1-3-13-30(14-4-1)31-23-25-33(26-24-31)48-50-47(32-15-5-2-6-16-32)51-49(52-48)39-28-27-36(46-45(39)37-19-9-11-21-41(37)53-46)40-29-43-44(35-18-8-7-17-34(35)40)38-20-10-12-22-42(38)54-43/h1-23,25-29,31H,24H2. The summed E-state index contributed by atoms with van der Waals surface area (Å²) < 4.78 is 9.39. The van der Waals surface area contributed by atoms with Crippen molar-refractivity contribution in [3.05, 3.63) is 181 Å². The van der Waals surface area contributed by atoms with E-state index in [0.717, 1.165) is 56.2 Å². The van der Waals surface area contributed by atoms with Gasteiger partial charge in [-0.2, -0.15) is 0 Å². The molecule has 0 spiro atoms. The number of rotatable bonds is 5. The first kappa shape index (κ1) is 30.9. The summed E-state index contributed by atoms with van der Waals surface area (Å²) in [5.41, 5.74) is 8.00. The number of benzene rings is 7. The highest BCUT2D eigenvalue weighted by Crippen LogP contribution is 2.47. The van der Waals surface area contributed by atoms with Crippen LogP contribution in [0.15, 0.2) is 174 Å². The van der Waals surface area contributed by atoms with Crippen LogP contribution in [0.5, 0.6) is 0 Å². The number of thiophene rings is 1. The Bertz CT molecular complexity index is 3140. The molecule has 1 unspecified atom stereocenters. The zero-order valence-corrected chi connectivity index (χ0v) is 29.9. The van der Waals surface area contributed by atoms with Crippen LogP contribution in [0.3, 0.4) is 0 Å². The summed E-state index contributed by atoms with van der Waals surface area (Å²) in [5, 5.41) is 7.07. The van der Waals surface area contributed by atoms with Crippen LogP contribution >= 0.6 is 11.3 Å². The molecular formula is C49H31N3OS. The first-order valence-electron chi connectivity index (χ1n) is 18.3. The lowest BCUT2D eigenvalue weighted by molar-refractivity contribution is 0.670. The predicted octanol–water partition coefficient (Wildman–Crippen LogP) is 13.4. The molecule has 254 valence electrons. The molecule has 10 aromatic rings. The second kappa shape index (κ2) is 12.5. The van der Waals surface area contributed by atoms with Gasteiger partial charge in [-0.15, -0.1) is 11.3 Å². The van der Waals surface area contributed by atoms with Crippen molar-refractivity contribution < 1.29 is 4.42 Å². The van der Waals surface area contributed by atoms with Gasteiger partial charge in [0.05, 0.1) is 0 Å². The summed E-state index contributed by atoms with van der Waals surface area (Å²) in [6, 6.07) is 53.3. The third kappa shape index (κ3) is 5.01. The molecule has 5 heteroatoms. The Morgan fingerprint density at radius 2 is 1.19 bits per heavy atom. The van der Waals surface area contributed by atoms with Gasteiger partial charge < -0.3 is 4.42 Å². The van der Waals surface area contributed by atoms with Gasteiger partial charge in [0.1, 0.15) is 11.2 Å². The van der Waals surface area contributed by atoms with E-state index in [1.54, 1.807) is 0 Å². The van der Waals surface area contributed by atoms with Gasteiger partial charge in [-0.3, -0.25) is 0 Å². The minimum atomic E-state index is 0.317. The number of para-hydroxylation sites is 1. The monoisotopic (exact) mass is 709 g/mol. The van der Waals surface area contributed by atoms with Crippen molar-refractivity contribution in [2.45, 2.75) is 12.3 Å². The number of hydrogen-bond donors (Lipinski definition) is 0. The number of furan rings is 1. The highest BCUT2D eigenvalue weighted by Gasteiger charge is 2.23. The molecule has 0 fully saturated rings. The third-order valence-corrected chi connectivity index (χ3v) is 11.8. The fraction of sp³-hybridized carbons (Fsp3) is 0.0408. The summed E-state index contributed by atoms with van der Waals surface area (Å²) in [6.07, 6.45) is 7.56. The van der Waals surface area contributed by atoms with Gasteiger partial charge in [0, 0.05) is 59.1 Å². The largest absolute Gasteiger partial charge is 0.455 e. The van der Waals surface area contributed by atoms with Crippen molar-refractivity contribution in [3.8, 4) is 33.9 Å². The smallest absolute Gasteiger partial charge is 0.164 e. The fourth-order valence-corrected chi connectivity index (χ4v) is 9.28. The third-order valence-electron chi connectivity index (χ3n) is 10.7. The van der Waals surface area contributed by atoms with E-state index in [9.17, 15) is 0 Å². The van der Waals surface area contributed by atoms with Crippen molar-refractivity contribution in [1.82, 2.24) is 15.0 Å². The molecule has 0 aliphatic heterocycles. The van der Waals surface area contributed by atoms with Gasteiger partial charge >= 0.3 is 0 Å². The molecule has 0 N–H and O–H groups in total. The number of aromatic nitrogens is 3. The molecule has 11 rings (SSSR count). The molecule has 3 heterocycles.